The molecule has 2 saturated carbocycles. The van der Waals surface area contributed by atoms with Gasteiger partial charge in [-0.3, -0.25) is 0 Å². The summed E-state index contributed by atoms with van der Waals surface area (Å²) in [5, 5.41) is 3.80. The highest BCUT2D eigenvalue weighted by Crippen LogP contribution is 2.37. The summed E-state index contributed by atoms with van der Waals surface area (Å²) in [6, 6.07) is 0.832. The van der Waals surface area contributed by atoms with Crippen LogP contribution in [-0.4, -0.2) is 12.6 Å². The lowest BCUT2D eigenvalue weighted by atomic mass is 9.79. The summed E-state index contributed by atoms with van der Waals surface area (Å²) in [6.07, 6.45) is 7.23. The fourth-order valence-electron chi connectivity index (χ4n) is 3.02. The monoisotopic (exact) mass is 209 g/mol. The molecule has 4 unspecified atom stereocenters. The van der Waals surface area contributed by atoms with E-state index in [4.69, 9.17) is 0 Å². The van der Waals surface area contributed by atoms with E-state index >= 15 is 0 Å². The lowest BCUT2D eigenvalue weighted by Gasteiger charge is -2.32. The summed E-state index contributed by atoms with van der Waals surface area (Å²) >= 11 is 0. The first-order valence-electron chi connectivity index (χ1n) is 6.90. The first-order chi connectivity index (χ1) is 7.16. The van der Waals surface area contributed by atoms with E-state index < -0.39 is 0 Å². The van der Waals surface area contributed by atoms with Crippen molar-refractivity contribution in [3.63, 3.8) is 0 Å². The van der Waals surface area contributed by atoms with Gasteiger partial charge < -0.3 is 5.32 Å². The minimum atomic E-state index is 0.832. The third-order valence-electron chi connectivity index (χ3n) is 4.60. The van der Waals surface area contributed by atoms with Crippen LogP contribution in [0, 0.1) is 23.7 Å². The zero-order valence-electron chi connectivity index (χ0n) is 10.6. The number of nitrogens with one attached hydrogen (secondary N) is 1. The molecular weight excluding hydrogens is 182 g/mol. The molecule has 0 saturated heterocycles. The Morgan fingerprint density at radius 3 is 2.53 bits per heavy atom. The van der Waals surface area contributed by atoms with Crippen molar-refractivity contribution in [3.05, 3.63) is 0 Å². The SMILES string of the molecule is CC(C)C1CCCC(NCC2CC2C)C1. The predicted octanol–water partition coefficient (Wildman–Crippen LogP) is 3.45. The van der Waals surface area contributed by atoms with Crippen LogP contribution in [0.25, 0.3) is 0 Å². The number of rotatable bonds is 4. The van der Waals surface area contributed by atoms with Crippen molar-refractivity contribution >= 4 is 0 Å². The van der Waals surface area contributed by atoms with Crippen LogP contribution in [0.3, 0.4) is 0 Å². The standard InChI is InChI=1S/C14H27N/c1-10(2)12-5-4-6-14(8-12)15-9-13-7-11(13)3/h10-15H,4-9H2,1-3H3. The molecule has 0 amide bonds. The molecule has 0 radical (unpaired) electrons. The molecule has 2 aliphatic carbocycles. The highest BCUT2D eigenvalue weighted by Gasteiger charge is 2.33. The number of hydrogen-bond acceptors (Lipinski definition) is 1. The summed E-state index contributed by atoms with van der Waals surface area (Å²) in [6.45, 7) is 8.44. The molecule has 2 fully saturated rings. The maximum absolute atomic E-state index is 3.80. The van der Waals surface area contributed by atoms with E-state index in [0.717, 1.165) is 29.7 Å². The topological polar surface area (TPSA) is 12.0 Å². The van der Waals surface area contributed by atoms with Crippen LogP contribution in [0.15, 0.2) is 0 Å². The lowest BCUT2D eigenvalue weighted by molar-refractivity contribution is 0.230. The second kappa shape index (κ2) is 4.86. The fraction of sp³-hybridized carbons (Fsp3) is 1.00. The van der Waals surface area contributed by atoms with Crippen LogP contribution in [0.5, 0.6) is 0 Å². The van der Waals surface area contributed by atoms with E-state index in [1.165, 1.54) is 38.6 Å². The summed E-state index contributed by atoms with van der Waals surface area (Å²) in [7, 11) is 0. The van der Waals surface area contributed by atoms with Crippen LogP contribution in [-0.2, 0) is 0 Å². The van der Waals surface area contributed by atoms with Gasteiger partial charge in [0, 0.05) is 6.04 Å². The largest absolute Gasteiger partial charge is 0.314 e. The van der Waals surface area contributed by atoms with Crippen molar-refractivity contribution in [2.75, 3.05) is 6.54 Å². The normalized spacial score (nSPS) is 40.8. The first kappa shape index (κ1) is 11.4. The van der Waals surface area contributed by atoms with Gasteiger partial charge in [-0.1, -0.05) is 33.6 Å². The molecule has 0 spiro atoms. The highest BCUT2D eigenvalue weighted by atomic mass is 14.9. The van der Waals surface area contributed by atoms with Gasteiger partial charge in [0.15, 0.2) is 0 Å². The molecule has 15 heavy (non-hydrogen) atoms. The highest BCUT2D eigenvalue weighted by molar-refractivity contribution is 4.87. The van der Waals surface area contributed by atoms with Gasteiger partial charge in [-0.25, -0.2) is 0 Å². The van der Waals surface area contributed by atoms with Gasteiger partial charge in [0.1, 0.15) is 0 Å². The van der Waals surface area contributed by atoms with Gasteiger partial charge in [-0.05, 0) is 49.5 Å². The Morgan fingerprint density at radius 1 is 1.20 bits per heavy atom. The van der Waals surface area contributed by atoms with E-state index in [1.807, 2.05) is 0 Å². The van der Waals surface area contributed by atoms with Gasteiger partial charge in [-0.2, -0.15) is 0 Å². The van der Waals surface area contributed by atoms with Crippen LogP contribution in [0.4, 0.5) is 0 Å². The molecule has 0 heterocycles. The Kier molecular flexibility index (Phi) is 3.71. The zero-order chi connectivity index (χ0) is 10.8. The van der Waals surface area contributed by atoms with Crippen LogP contribution in [0.2, 0.25) is 0 Å². The molecule has 0 aromatic rings. The first-order valence-corrected chi connectivity index (χ1v) is 6.90. The van der Waals surface area contributed by atoms with Crippen molar-refractivity contribution in [2.24, 2.45) is 23.7 Å². The Morgan fingerprint density at radius 2 is 1.93 bits per heavy atom. The average molecular weight is 209 g/mol. The molecular formula is C14H27N. The zero-order valence-corrected chi connectivity index (χ0v) is 10.6. The Bertz CT molecular complexity index is 200. The number of hydrogen-bond donors (Lipinski definition) is 1. The van der Waals surface area contributed by atoms with E-state index in [2.05, 4.69) is 26.1 Å². The van der Waals surface area contributed by atoms with E-state index in [-0.39, 0.29) is 0 Å². The van der Waals surface area contributed by atoms with Gasteiger partial charge in [0.05, 0.1) is 0 Å². The summed E-state index contributed by atoms with van der Waals surface area (Å²) < 4.78 is 0. The van der Waals surface area contributed by atoms with Crippen LogP contribution in [0.1, 0.15) is 52.9 Å². The quantitative estimate of drug-likeness (QED) is 0.748. The Hall–Kier alpha value is -0.0400. The van der Waals surface area contributed by atoms with Gasteiger partial charge >= 0.3 is 0 Å². The second-order valence-electron chi connectivity index (χ2n) is 6.25. The summed E-state index contributed by atoms with van der Waals surface area (Å²) in [5.74, 6) is 3.87. The van der Waals surface area contributed by atoms with Crippen LogP contribution < -0.4 is 5.32 Å². The maximum atomic E-state index is 3.80. The summed E-state index contributed by atoms with van der Waals surface area (Å²) in [5.41, 5.74) is 0. The maximum Gasteiger partial charge on any atom is 0.00699 e. The lowest BCUT2D eigenvalue weighted by Crippen LogP contribution is -2.36. The van der Waals surface area contributed by atoms with Crippen molar-refractivity contribution in [3.8, 4) is 0 Å². The molecule has 0 aromatic heterocycles. The molecule has 2 aliphatic rings. The minimum absolute atomic E-state index is 0.832. The van der Waals surface area contributed by atoms with E-state index in [0.29, 0.717) is 0 Å². The van der Waals surface area contributed by atoms with E-state index in [9.17, 15) is 0 Å². The fourth-order valence-corrected chi connectivity index (χ4v) is 3.02. The summed E-state index contributed by atoms with van der Waals surface area (Å²) in [4.78, 5) is 0. The minimum Gasteiger partial charge on any atom is -0.314 e. The molecule has 1 nitrogen and oxygen atoms in total. The molecule has 88 valence electrons. The average Bonchev–Trinajstić information content (AvgIpc) is 2.92. The molecule has 4 atom stereocenters. The molecule has 0 bridgehead atoms. The molecule has 0 aliphatic heterocycles. The van der Waals surface area contributed by atoms with Crippen LogP contribution >= 0.6 is 0 Å². The smallest absolute Gasteiger partial charge is 0.00699 e. The Labute approximate surface area is 95.0 Å². The predicted molar refractivity (Wildman–Crippen MR) is 65.9 cm³/mol. The molecule has 2 rings (SSSR count). The van der Waals surface area contributed by atoms with Crippen molar-refractivity contribution in [2.45, 2.75) is 58.9 Å². The third-order valence-corrected chi connectivity index (χ3v) is 4.60. The van der Waals surface area contributed by atoms with Gasteiger partial charge in [-0.15, -0.1) is 0 Å². The third kappa shape index (κ3) is 3.21. The Balaban J connectivity index is 1.68. The molecule has 0 aromatic carbocycles. The van der Waals surface area contributed by atoms with Crippen molar-refractivity contribution < 1.29 is 0 Å². The van der Waals surface area contributed by atoms with E-state index in [1.54, 1.807) is 0 Å². The van der Waals surface area contributed by atoms with Gasteiger partial charge in [0.2, 0.25) is 0 Å². The molecule has 1 heteroatoms. The van der Waals surface area contributed by atoms with Crippen molar-refractivity contribution in [1.82, 2.24) is 5.32 Å². The van der Waals surface area contributed by atoms with Crippen molar-refractivity contribution in [1.29, 1.82) is 0 Å². The second-order valence-corrected chi connectivity index (χ2v) is 6.25. The molecule has 1 N–H and O–H groups in total. The van der Waals surface area contributed by atoms with Gasteiger partial charge in [0.25, 0.3) is 0 Å².